The number of methoxy groups -OCH3 is 2. The number of carboxylic acid groups (broad SMARTS) is 1. The molecule has 4 aromatic rings. The number of pyridine rings is 1. The monoisotopic (exact) mass is 582 g/mol. The minimum atomic E-state index is -1.11. The van der Waals surface area contributed by atoms with E-state index in [-0.39, 0.29) is 11.4 Å². The summed E-state index contributed by atoms with van der Waals surface area (Å²) < 4.78 is 18.8. The normalized spacial score (nSPS) is 18.7. The molecule has 1 aliphatic carbocycles. The van der Waals surface area contributed by atoms with Crippen molar-refractivity contribution >= 4 is 5.97 Å². The van der Waals surface area contributed by atoms with Gasteiger partial charge in [-0.2, -0.15) is 9.78 Å². The molecule has 224 valence electrons. The van der Waals surface area contributed by atoms with Gasteiger partial charge >= 0.3 is 5.97 Å². The van der Waals surface area contributed by atoms with E-state index < -0.39 is 5.97 Å². The Morgan fingerprint density at radius 1 is 1.02 bits per heavy atom. The Hall–Kier alpha value is -4.21. The number of para-hydroxylation sites is 1. The van der Waals surface area contributed by atoms with Crippen LogP contribution in [-0.4, -0.2) is 63.7 Å². The summed E-state index contributed by atoms with van der Waals surface area (Å²) in [7, 11) is 3.25. The van der Waals surface area contributed by atoms with Crippen molar-refractivity contribution in [2.75, 3.05) is 20.8 Å². The summed E-state index contributed by atoms with van der Waals surface area (Å²) in [5.41, 5.74) is 6.50. The molecule has 0 bridgehead atoms. The van der Waals surface area contributed by atoms with Crippen LogP contribution in [0.25, 0.3) is 17.1 Å². The van der Waals surface area contributed by atoms with Crippen LogP contribution >= 0.6 is 0 Å². The molecule has 0 radical (unpaired) electrons. The van der Waals surface area contributed by atoms with Gasteiger partial charge in [-0.25, -0.2) is 9.78 Å². The smallest absolute Gasteiger partial charge is 0.342 e. The number of carbonyl (C=O) groups is 1. The fraction of sp³-hybridized carbons (Fsp3) is 0.382. The van der Waals surface area contributed by atoms with E-state index in [2.05, 4.69) is 28.2 Å². The van der Waals surface area contributed by atoms with Crippen molar-refractivity contribution in [3.05, 3.63) is 88.6 Å². The van der Waals surface area contributed by atoms with Gasteiger partial charge in [-0.15, -0.1) is 0 Å². The largest absolute Gasteiger partial charge is 0.488 e. The molecule has 9 heteroatoms. The first kappa shape index (κ1) is 28.9. The SMILES string of the molecule is COc1c(C(=O)O)cnn1-c1cccc(-c2cccc(C)c2OCc2ccc3c(c2)CCN(C2CCC(OC)CC2)C3)n1. The number of fused-ring (bicyclic) bond motifs is 1. The number of aryl methyl sites for hydroxylation is 1. The minimum Gasteiger partial charge on any atom is -0.488 e. The molecule has 0 amide bonds. The fourth-order valence-corrected chi connectivity index (χ4v) is 6.41. The van der Waals surface area contributed by atoms with Crippen molar-refractivity contribution in [3.8, 4) is 28.7 Å². The zero-order valence-corrected chi connectivity index (χ0v) is 25.0. The average Bonchev–Trinajstić information content (AvgIpc) is 3.49. The van der Waals surface area contributed by atoms with Crippen LogP contribution in [0.1, 0.15) is 58.3 Å². The Balaban J connectivity index is 1.18. The van der Waals surface area contributed by atoms with E-state index in [1.807, 2.05) is 44.4 Å². The van der Waals surface area contributed by atoms with Crippen molar-refractivity contribution in [1.82, 2.24) is 19.7 Å². The lowest BCUT2D eigenvalue weighted by Crippen LogP contribution is -2.42. The number of aromatic nitrogens is 3. The van der Waals surface area contributed by atoms with Gasteiger partial charge in [0.25, 0.3) is 0 Å². The third-order valence-corrected chi connectivity index (χ3v) is 8.78. The van der Waals surface area contributed by atoms with Crippen LogP contribution in [0.4, 0.5) is 0 Å². The van der Waals surface area contributed by atoms with Crippen molar-refractivity contribution in [1.29, 1.82) is 0 Å². The highest BCUT2D eigenvalue weighted by Crippen LogP contribution is 2.34. The summed E-state index contributed by atoms with van der Waals surface area (Å²) in [4.78, 5) is 19.0. The molecule has 1 saturated carbocycles. The lowest BCUT2D eigenvalue weighted by molar-refractivity contribution is 0.0350. The van der Waals surface area contributed by atoms with Gasteiger partial charge in [0, 0.05) is 31.8 Å². The molecule has 43 heavy (non-hydrogen) atoms. The van der Waals surface area contributed by atoms with Crippen molar-refractivity contribution in [3.63, 3.8) is 0 Å². The van der Waals surface area contributed by atoms with E-state index in [0.29, 0.717) is 30.3 Å². The molecule has 1 aliphatic heterocycles. The minimum absolute atomic E-state index is 0.0266. The molecule has 1 fully saturated rings. The van der Waals surface area contributed by atoms with E-state index in [0.717, 1.165) is 54.8 Å². The van der Waals surface area contributed by atoms with Gasteiger partial charge in [0.05, 0.1) is 25.1 Å². The zero-order valence-electron chi connectivity index (χ0n) is 25.0. The highest BCUT2D eigenvalue weighted by atomic mass is 16.5. The molecular weight excluding hydrogens is 544 g/mol. The Kier molecular flexibility index (Phi) is 8.44. The number of hydrogen-bond donors (Lipinski definition) is 1. The van der Waals surface area contributed by atoms with Crippen molar-refractivity contribution in [2.24, 2.45) is 0 Å². The second-order valence-electron chi connectivity index (χ2n) is 11.4. The third kappa shape index (κ3) is 6.00. The number of hydrogen-bond acceptors (Lipinski definition) is 7. The Bertz CT molecular complexity index is 1610. The summed E-state index contributed by atoms with van der Waals surface area (Å²) >= 11 is 0. The van der Waals surface area contributed by atoms with Gasteiger partial charge in [0.1, 0.15) is 17.9 Å². The zero-order chi connectivity index (χ0) is 29.9. The fourth-order valence-electron chi connectivity index (χ4n) is 6.41. The molecule has 9 nitrogen and oxygen atoms in total. The number of aromatic carboxylic acids is 1. The van der Waals surface area contributed by atoms with Gasteiger partial charge in [0.15, 0.2) is 5.82 Å². The van der Waals surface area contributed by atoms with Gasteiger partial charge in [-0.05, 0) is 79.5 Å². The maximum atomic E-state index is 11.6. The van der Waals surface area contributed by atoms with Gasteiger partial charge in [-0.1, -0.05) is 36.4 Å². The topological polar surface area (TPSA) is 98.9 Å². The van der Waals surface area contributed by atoms with Crippen LogP contribution in [0.5, 0.6) is 11.6 Å². The standard InChI is InChI=1S/C34H38N4O5/c1-22-6-4-7-28(30-8-5-9-31(36-30)38-33(42-3)29(19-35-38)34(39)40)32(22)43-21-23-10-11-25-20-37(17-16-24(25)18-23)26-12-14-27(41-2)15-13-26/h4-11,18-19,26-27H,12-17,20-21H2,1-3H3,(H,39,40). The Labute approximate surface area is 252 Å². The number of nitrogens with zero attached hydrogens (tertiary/aromatic N) is 4. The summed E-state index contributed by atoms with van der Waals surface area (Å²) in [5.74, 6) is 0.219. The highest BCUT2D eigenvalue weighted by Gasteiger charge is 2.28. The molecule has 6 rings (SSSR count). The molecule has 2 aliphatic rings. The molecule has 3 heterocycles. The van der Waals surface area contributed by atoms with Crippen LogP contribution in [0.3, 0.4) is 0 Å². The lowest BCUT2D eigenvalue weighted by Gasteiger charge is -2.39. The van der Waals surface area contributed by atoms with Crippen LogP contribution < -0.4 is 9.47 Å². The van der Waals surface area contributed by atoms with E-state index in [1.165, 1.54) is 42.0 Å². The number of ether oxygens (including phenoxy) is 3. The predicted octanol–water partition coefficient (Wildman–Crippen LogP) is 5.84. The molecule has 1 N–H and O–H groups in total. The number of carboxylic acids is 1. The van der Waals surface area contributed by atoms with Gasteiger partial charge in [0.2, 0.25) is 5.88 Å². The second-order valence-corrected chi connectivity index (χ2v) is 11.4. The quantitative estimate of drug-likeness (QED) is 0.263. The third-order valence-electron chi connectivity index (χ3n) is 8.78. The van der Waals surface area contributed by atoms with Crippen LogP contribution in [0, 0.1) is 6.92 Å². The summed E-state index contributed by atoms with van der Waals surface area (Å²) in [5, 5.41) is 13.7. The molecule has 0 spiro atoms. The Morgan fingerprint density at radius 3 is 2.60 bits per heavy atom. The van der Waals surface area contributed by atoms with Crippen LogP contribution in [0.15, 0.2) is 60.8 Å². The predicted molar refractivity (Wildman–Crippen MR) is 163 cm³/mol. The lowest BCUT2D eigenvalue weighted by atomic mass is 9.89. The molecule has 0 atom stereocenters. The Morgan fingerprint density at radius 2 is 1.84 bits per heavy atom. The van der Waals surface area contributed by atoms with E-state index in [1.54, 1.807) is 6.07 Å². The second kappa shape index (κ2) is 12.6. The molecular formula is C34H38N4O5. The van der Waals surface area contributed by atoms with Crippen LogP contribution in [0.2, 0.25) is 0 Å². The average molecular weight is 583 g/mol. The maximum Gasteiger partial charge on any atom is 0.342 e. The molecule has 0 saturated heterocycles. The maximum absolute atomic E-state index is 11.6. The van der Waals surface area contributed by atoms with E-state index >= 15 is 0 Å². The molecule has 2 aromatic heterocycles. The first-order chi connectivity index (χ1) is 20.9. The molecule has 2 aromatic carbocycles. The summed E-state index contributed by atoms with van der Waals surface area (Å²) in [6.45, 7) is 4.58. The van der Waals surface area contributed by atoms with E-state index in [9.17, 15) is 9.90 Å². The van der Waals surface area contributed by atoms with Crippen molar-refractivity contribution < 1.29 is 24.1 Å². The van der Waals surface area contributed by atoms with E-state index in [4.69, 9.17) is 19.2 Å². The first-order valence-electron chi connectivity index (χ1n) is 14.9. The first-order valence-corrected chi connectivity index (χ1v) is 14.9. The summed E-state index contributed by atoms with van der Waals surface area (Å²) in [6, 6.07) is 18.9. The van der Waals surface area contributed by atoms with Gasteiger partial charge in [-0.3, -0.25) is 4.90 Å². The molecule has 0 unspecified atom stereocenters. The number of benzene rings is 2. The summed E-state index contributed by atoms with van der Waals surface area (Å²) in [6.07, 6.45) is 7.50. The van der Waals surface area contributed by atoms with Crippen LogP contribution in [-0.2, 0) is 24.3 Å². The highest BCUT2D eigenvalue weighted by molar-refractivity contribution is 5.90. The van der Waals surface area contributed by atoms with Gasteiger partial charge < -0.3 is 19.3 Å². The van der Waals surface area contributed by atoms with Crippen molar-refractivity contribution in [2.45, 2.75) is 64.3 Å². The number of rotatable bonds is 9.